The Bertz CT molecular complexity index is 1130. The van der Waals surface area contributed by atoms with Gasteiger partial charge < -0.3 is 10.6 Å². The second-order valence-corrected chi connectivity index (χ2v) is 6.17. The van der Waals surface area contributed by atoms with Gasteiger partial charge in [-0.05, 0) is 30.7 Å². The zero-order valence-corrected chi connectivity index (χ0v) is 15.6. The van der Waals surface area contributed by atoms with Crippen LogP contribution in [0, 0.1) is 11.6 Å². The lowest BCUT2D eigenvalue weighted by Gasteiger charge is -2.08. The summed E-state index contributed by atoms with van der Waals surface area (Å²) in [5.41, 5.74) is 0.476. The fourth-order valence-electron chi connectivity index (χ4n) is 2.67. The van der Waals surface area contributed by atoms with Crippen molar-refractivity contribution < 1.29 is 23.2 Å². The molecule has 0 saturated heterocycles. The van der Waals surface area contributed by atoms with Gasteiger partial charge in [-0.25, -0.2) is 18.3 Å². The van der Waals surface area contributed by atoms with E-state index in [1.807, 2.05) is 0 Å². The van der Waals surface area contributed by atoms with E-state index in [9.17, 15) is 23.2 Å². The van der Waals surface area contributed by atoms with E-state index in [-0.39, 0.29) is 34.9 Å². The standard InChI is InChI=1S/C19H17F2N5O3/c1-3-22-18(28)12-9-24-26-16(10(2)27)7-15(25-17(12)26)19(29)23-8-11-4-5-13(20)14(21)6-11/h4-7,9H,3,8H2,1-2H3,(H,22,28)(H,23,29). The number of fused-ring (bicyclic) bond motifs is 1. The van der Waals surface area contributed by atoms with Gasteiger partial charge in [0.15, 0.2) is 23.1 Å². The van der Waals surface area contributed by atoms with E-state index in [0.29, 0.717) is 12.1 Å². The number of rotatable bonds is 6. The highest BCUT2D eigenvalue weighted by molar-refractivity contribution is 6.02. The highest BCUT2D eigenvalue weighted by Gasteiger charge is 2.20. The van der Waals surface area contributed by atoms with Gasteiger partial charge in [-0.3, -0.25) is 14.4 Å². The average Bonchev–Trinajstić information content (AvgIpc) is 3.12. The third kappa shape index (κ3) is 4.10. The number of carbonyl (C=O) groups excluding carboxylic acids is 3. The predicted molar refractivity (Wildman–Crippen MR) is 98.5 cm³/mol. The van der Waals surface area contributed by atoms with Crippen LogP contribution >= 0.6 is 0 Å². The molecule has 150 valence electrons. The Morgan fingerprint density at radius 2 is 1.83 bits per heavy atom. The first kappa shape index (κ1) is 20.1. The van der Waals surface area contributed by atoms with Crippen molar-refractivity contribution in [1.82, 2.24) is 25.2 Å². The Labute approximate surface area is 163 Å². The van der Waals surface area contributed by atoms with Gasteiger partial charge in [-0.1, -0.05) is 6.07 Å². The molecule has 0 spiro atoms. The molecule has 0 radical (unpaired) electrons. The molecule has 0 aliphatic heterocycles. The van der Waals surface area contributed by atoms with Gasteiger partial charge in [0.1, 0.15) is 17.0 Å². The van der Waals surface area contributed by atoms with Crippen LogP contribution in [-0.4, -0.2) is 38.7 Å². The minimum atomic E-state index is -1.03. The van der Waals surface area contributed by atoms with E-state index in [1.54, 1.807) is 6.92 Å². The van der Waals surface area contributed by atoms with Crippen LogP contribution in [-0.2, 0) is 6.54 Å². The second-order valence-electron chi connectivity index (χ2n) is 6.17. The van der Waals surface area contributed by atoms with E-state index in [4.69, 9.17) is 0 Å². The SMILES string of the molecule is CCNC(=O)c1cnn2c(C(C)=O)cc(C(=O)NCc3ccc(F)c(F)c3)nc12. The molecule has 3 aromatic rings. The van der Waals surface area contributed by atoms with E-state index in [0.717, 1.165) is 12.1 Å². The van der Waals surface area contributed by atoms with Crippen LogP contribution in [0.3, 0.4) is 0 Å². The lowest BCUT2D eigenvalue weighted by Crippen LogP contribution is -2.26. The van der Waals surface area contributed by atoms with Gasteiger partial charge in [0.2, 0.25) is 0 Å². The van der Waals surface area contributed by atoms with Crippen LogP contribution in [0.25, 0.3) is 5.65 Å². The van der Waals surface area contributed by atoms with Gasteiger partial charge >= 0.3 is 0 Å². The topological polar surface area (TPSA) is 105 Å². The van der Waals surface area contributed by atoms with Crippen LogP contribution in [0.1, 0.15) is 50.7 Å². The number of nitrogens with zero attached hydrogens (tertiary/aromatic N) is 3. The van der Waals surface area contributed by atoms with Crippen molar-refractivity contribution in [3.8, 4) is 0 Å². The number of amides is 2. The summed E-state index contributed by atoms with van der Waals surface area (Å²) >= 11 is 0. The number of hydrogen-bond donors (Lipinski definition) is 2. The van der Waals surface area contributed by atoms with E-state index in [2.05, 4.69) is 20.7 Å². The van der Waals surface area contributed by atoms with Crippen molar-refractivity contribution in [2.75, 3.05) is 6.54 Å². The Morgan fingerprint density at radius 3 is 2.48 bits per heavy atom. The monoisotopic (exact) mass is 401 g/mol. The van der Waals surface area contributed by atoms with E-state index in [1.165, 1.54) is 29.8 Å². The average molecular weight is 401 g/mol. The number of halogens is 2. The second kappa shape index (κ2) is 8.13. The smallest absolute Gasteiger partial charge is 0.270 e. The van der Waals surface area contributed by atoms with Crippen molar-refractivity contribution in [2.24, 2.45) is 0 Å². The Morgan fingerprint density at radius 1 is 1.07 bits per heavy atom. The van der Waals surface area contributed by atoms with Gasteiger partial charge in [0.25, 0.3) is 11.8 Å². The molecule has 3 rings (SSSR count). The molecule has 0 fully saturated rings. The molecule has 2 amide bonds. The summed E-state index contributed by atoms with van der Waals surface area (Å²) in [4.78, 5) is 40.9. The van der Waals surface area contributed by atoms with Crippen LogP contribution in [0.5, 0.6) is 0 Å². The quantitative estimate of drug-likeness (QED) is 0.614. The first-order valence-electron chi connectivity index (χ1n) is 8.71. The molecule has 0 atom stereocenters. The van der Waals surface area contributed by atoms with Gasteiger partial charge in [-0.2, -0.15) is 5.10 Å². The van der Waals surface area contributed by atoms with Crippen LogP contribution in [0.4, 0.5) is 8.78 Å². The summed E-state index contributed by atoms with van der Waals surface area (Å²) in [6.45, 7) is 3.34. The number of nitrogens with one attached hydrogen (secondary N) is 2. The normalized spacial score (nSPS) is 10.8. The summed E-state index contributed by atoms with van der Waals surface area (Å²) in [5, 5.41) is 9.16. The maximum atomic E-state index is 13.3. The molecular weight excluding hydrogens is 384 g/mol. The number of aromatic nitrogens is 3. The lowest BCUT2D eigenvalue weighted by molar-refractivity contribution is 0.0939. The van der Waals surface area contributed by atoms with Gasteiger partial charge in [-0.15, -0.1) is 0 Å². The van der Waals surface area contributed by atoms with Gasteiger partial charge in [0, 0.05) is 20.0 Å². The van der Waals surface area contributed by atoms with Gasteiger partial charge in [0.05, 0.1) is 6.20 Å². The molecule has 0 aliphatic carbocycles. The van der Waals surface area contributed by atoms with Crippen LogP contribution in [0.2, 0.25) is 0 Å². The molecule has 1 aromatic carbocycles. The molecule has 10 heteroatoms. The summed E-state index contributed by atoms with van der Waals surface area (Å²) < 4.78 is 27.5. The summed E-state index contributed by atoms with van der Waals surface area (Å²) in [6, 6.07) is 4.52. The minimum Gasteiger partial charge on any atom is -0.352 e. The Kier molecular flexibility index (Phi) is 5.62. The predicted octanol–water partition coefficient (Wildman–Crippen LogP) is 1.89. The minimum absolute atomic E-state index is 0.0571. The maximum absolute atomic E-state index is 13.3. The molecule has 2 N–H and O–H groups in total. The molecule has 0 unspecified atom stereocenters. The zero-order valence-electron chi connectivity index (χ0n) is 15.6. The fourth-order valence-corrected chi connectivity index (χ4v) is 2.67. The largest absolute Gasteiger partial charge is 0.352 e. The summed E-state index contributed by atoms with van der Waals surface area (Å²) in [7, 11) is 0. The van der Waals surface area contributed by atoms with E-state index < -0.39 is 23.4 Å². The molecule has 0 aliphatic rings. The number of Topliss-reactive ketones (excluding diaryl/α,β-unsaturated/α-hetero) is 1. The number of hydrogen-bond acceptors (Lipinski definition) is 5. The Hall–Kier alpha value is -3.69. The Balaban J connectivity index is 1.93. The third-order valence-corrected chi connectivity index (χ3v) is 4.08. The molecule has 0 bridgehead atoms. The molecule has 0 saturated carbocycles. The van der Waals surface area contributed by atoms with Crippen molar-refractivity contribution >= 4 is 23.2 Å². The maximum Gasteiger partial charge on any atom is 0.270 e. The highest BCUT2D eigenvalue weighted by atomic mass is 19.2. The number of ketones is 1. The van der Waals surface area contributed by atoms with Crippen molar-refractivity contribution in [3.05, 3.63) is 64.6 Å². The summed E-state index contributed by atoms with van der Waals surface area (Å²) in [5.74, 6) is -3.48. The van der Waals surface area contributed by atoms with Crippen molar-refractivity contribution in [2.45, 2.75) is 20.4 Å². The number of benzene rings is 1. The first-order chi connectivity index (χ1) is 13.8. The number of carbonyl (C=O) groups is 3. The lowest BCUT2D eigenvalue weighted by atomic mass is 10.2. The fraction of sp³-hybridized carbons (Fsp3) is 0.211. The first-order valence-corrected chi connectivity index (χ1v) is 8.71. The summed E-state index contributed by atoms with van der Waals surface area (Å²) in [6.07, 6.45) is 1.27. The van der Waals surface area contributed by atoms with Crippen LogP contribution in [0.15, 0.2) is 30.5 Å². The molecule has 8 nitrogen and oxygen atoms in total. The molecule has 29 heavy (non-hydrogen) atoms. The molecule has 2 heterocycles. The molecule has 2 aromatic heterocycles. The van der Waals surface area contributed by atoms with E-state index >= 15 is 0 Å². The van der Waals surface area contributed by atoms with Crippen molar-refractivity contribution in [3.63, 3.8) is 0 Å². The molecular formula is C19H17F2N5O3. The highest BCUT2D eigenvalue weighted by Crippen LogP contribution is 2.14. The van der Waals surface area contributed by atoms with Crippen molar-refractivity contribution in [1.29, 1.82) is 0 Å². The third-order valence-electron chi connectivity index (χ3n) is 4.08. The van der Waals surface area contributed by atoms with Crippen LogP contribution < -0.4 is 10.6 Å². The zero-order chi connectivity index (χ0) is 21.1.